The number of nitrogens with one attached hydrogen (secondary N) is 1. The number of hydrogen-bond donors (Lipinski definition) is 1. The van der Waals surface area contributed by atoms with Gasteiger partial charge in [0.15, 0.2) is 5.13 Å². The monoisotopic (exact) mass is 439 g/mol. The van der Waals surface area contributed by atoms with E-state index in [0.29, 0.717) is 17.4 Å². The van der Waals surface area contributed by atoms with Crippen molar-refractivity contribution in [1.82, 2.24) is 4.98 Å². The van der Waals surface area contributed by atoms with Crippen molar-refractivity contribution in [3.05, 3.63) is 68.6 Å². The molecule has 2 aromatic carbocycles. The second-order valence-electron chi connectivity index (χ2n) is 6.66. The minimum atomic E-state index is -0.739. The number of benzene rings is 2. The van der Waals surface area contributed by atoms with E-state index in [4.69, 9.17) is 9.47 Å². The first-order valence-corrected chi connectivity index (χ1v) is 10.3. The summed E-state index contributed by atoms with van der Waals surface area (Å²) in [5.41, 5.74) is 2.22. The molecule has 0 bridgehead atoms. The SMILES string of the molecule is CCOC(=O)c1cc(C(=O)Nc2nc(-c3ccc4c(c3)CCO4)cs2)cc([N+](=O)[O-])c1. The quantitative estimate of drug-likeness (QED) is 0.349. The van der Waals surface area contributed by atoms with Gasteiger partial charge in [-0.3, -0.25) is 20.2 Å². The van der Waals surface area contributed by atoms with Gasteiger partial charge in [-0.15, -0.1) is 11.3 Å². The lowest BCUT2D eigenvalue weighted by Crippen LogP contribution is -2.14. The summed E-state index contributed by atoms with van der Waals surface area (Å²) >= 11 is 1.23. The molecule has 0 radical (unpaired) electrons. The van der Waals surface area contributed by atoms with Crippen molar-refractivity contribution in [3.8, 4) is 17.0 Å². The zero-order valence-electron chi connectivity index (χ0n) is 16.4. The molecule has 1 aliphatic heterocycles. The van der Waals surface area contributed by atoms with Crippen molar-refractivity contribution in [2.75, 3.05) is 18.5 Å². The first kappa shape index (κ1) is 20.5. The summed E-state index contributed by atoms with van der Waals surface area (Å²) in [5, 5.41) is 16.0. The highest BCUT2D eigenvalue weighted by Gasteiger charge is 2.20. The van der Waals surface area contributed by atoms with Gasteiger partial charge in [0.25, 0.3) is 11.6 Å². The van der Waals surface area contributed by atoms with Crippen LogP contribution < -0.4 is 10.1 Å². The molecular weight excluding hydrogens is 422 g/mol. The van der Waals surface area contributed by atoms with Crippen molar-refractivity contribution in [2.24, 2.45) is 0 Å². The fourth-order valence-electron chi connectivity index (χ4n) is 3.16. The van der Waals surface area contributed by atoms with Gasteiger partial charge in [-0.25, -0.2) is 9.78 Å². The van der Waals surface area contributed by atoms with Crippen LogP contribution in [-0.2, 0) is 11.2 Å². The van der Waals surface area contributed by atoms with E-state index in [1.165, 1.54) is 17.4 Å². The van der Waals surface area contributed by atoms with Gasteiger partial charge in [0.1, 0.15) is 5.75 Å². The van der Waals surface area contributed by atoms with Gasteiger partial charge in [0.2, 0.25) is 0 Å². The Kier molecular flexibility index (Phi) is 5.63. The molecule has 0 fully saturated rings. The Morgan fingerprint density at radius 1 is 1.26 bits per heavy atom. The number of carbonyl (C=O) groups excluding carboxylic acids is 2. The highest BCUT2D eigenvalue weighted by Crippen LogP contribution is 2.32. The van der Waals surface area contributed by atoms with E-state index >= 15 is 0 Å². The number of anilines is 1. The number of nitrogens with zero attached hydrogens (tertiary/aromatic N) is 2. The molecule has 0 aliphatic carbocycles. The van der Waals surface area contributed by atoms with E-state index in [9.17, 15) is 19.7 Å². The molecule has 1 N–H and O–H groups in total. The van der Waals surface area contributed by atoms with Gasteiger partial charge in [0, 0.05) is 35.1 Å². The molecule has 0 saturated carbocycles. The molecule has 4 rings (SSSR count). The maximum atomic E-state index is 12.7. The van der Waals surface area contributed by atoms with Crippen molar-refractivity contribution in [1.29, 1.82) is 0 Å². The summed E-state index contributed by atoms with van der Waals surface area (Å²) < 4.78 is 10.4. The van der Waals surface area contributed by atoms with Gasteiger partial charge in [-0.1, -0.05) is 0 Å². The number of ether oxygens (including phenoxy) is 2. The normalized spacial score (nSPS) is 12.0. The minimum absolute atomic E-state index is 0.0383. The van der Waals surface area contributed by atoms with E-state index < -0.39 is 16.8 Å². The van der Waals surface area contributed by atoms with Crippen molar-refractivity contribution < 1.29 is 24.0 Å². The number of thiazole rings is 1. The Labute approximate surface area is 180 Å². The summed E-state index contributed by atoms with van der Waals surface area (Å²) in [6.45, 7) is 2.39. The number of amides is 1. The number of carbonyl (C=O) groups is 2. The van der Waals surface area contributed by atoms with Crippen molar-refractivity contribution >= 4 is 34.0 Å². The number of rotatable bonds is 6. The Balaban J connectivity index is 1.56. The third kappa shape index (κ3) is 4.38. The molecule has 1 aliphatic rings. The van der Waals surface area contributed by atoms with Crippen LogP contribution in [0, 0.1) is 10.1 Å². The lowest BCUT2D eigenvalue weighted by Gasteiger charge is -2.06. The zero-order valence-corrected chi connectivity index (χ0v) is 17.2. The van der Waals surface area contributed by atoms with Crippen LogP contribution in [0.5, 0.6) is 5.75 Å². The third-order valence-electron chi connectivity index (χ3n) is 4.61. The van der Waals surface area contributed by atoms with E-state index in [1.807, 2.05) is 23.6 Å². The molecule has 10 heteroatoms. The van der Waals surface area contributed by atoms with Crippen molar-refractivity contribution in [2.45, 2.75) is 13.3 Å². The van der Waals surface area contributed by atoms with E-state index in [-0.39, 0.29) is 23.4 Å². The fraction of sp³-hybridized carbons (Fsp3) is 0.190. The van der Waals surface area contributed by atoms with Crippen molar-refractivity contribution in [3.63, 3.8) is 0 Å². The molecule has 1 aromatic heterocycles. The number of nitro groups is 1. The molecule has 0 atom stereocenters. The Morgan fingerprint density at radius 3 is 2.84 bits per heavy atom. The number of hydrogen-bond acceptors (Lipinski definition) is 8. The number of non-ortho nitro benzene ring substituents is 1. The predicted octanol–water partition coefficient (Wildman–Crippen LogP) is 4.08. The number of esters is 1. The van der Waals surface area contributed by atoms with Gasteiger partial charge in [0.05, 0.1) is 29.4 Å². The first-order valence-electron chi connectivity index (χ1n) is 9.44. The smallest absolute Gasteiger partial charge is 0.338 e. The topological polar surface area (TPSA) is 121 Å². The standard InChI is InChI=1S/C21H17N3O6S/c1-2-29-20(26)15-8-14(9-16(10-15)24(27)28)19(25)23-21-22-17(11-31-21)12-3-4-18-13(7-12)5-6-30-18/h3-4,7-11H,2,5-6H2,1H3,(H,22,23,25). The molecule has 0 spiro atoms. The second-order valence-corrected chi connectivity index (χ2v) is 7.52. The highest BCUT2D eigenvalue weighted by atomic mass is 32.1. The largest absolute Gasteiger partial charge is 0.493 e. The molecule has 31 heavy (non-hydrogen) atoms. The van der Waals surface area contributed by atoms with Crippen LogP contribution in [0.3, 0.4) is 0 Å². The van der Waals surface area contributed by atoms with E-state index in [2.05, 4.69) is 10.3 Å². The Hall–Kier alpha value is -3.79. The maximum absolute atomic E-state index is 12.7. The molecule has 3 aromatic rings. The number of fused-ring (bicyclic) bond motifs is 1. The third-order valence-corrected chi connectivity index (χ3v) is 5.37. The van der Waals surface area contributed by atoms with Crippen LogP contribution in [0.1, 0.15) is 33.2 Å². The summed E-state index contributed by atoms with van der Waals surface area (Å²) in [6, 6.07) is 9.25. The average molecular weight is 439 g/mol. The molecule has 2 heterocycles. The Morgan fingerprint density at radius 2 is 2.06 bits per heavy atom. The summed E-state index contributed by atoms with van der Waals surface area (Å²) in [7, 11) is 0. The minimum Gasteiger partial charge on any atom is -0.493 e. The first-order chi connectivity index (χ1) is 14.9. The summed E-state index contributed by atoms with van der Waals surface area (Å²) in [4.78, 5) is 39.7. The lowest BCUT2D eigenvalue weighted by atomic mass is 10.1. The fourth-order valence-corrected chi connectivity index (χ4v) is 3.87. The van der Waals surface area contributed by atoms with Crippen LogP contribution in [0.4, 0.5) is 10.8 Å². The van der Waals surface area contributed by atoms with E-state index in [0.717, 1.165) is 35.4 Å². The summed E-state index contributed by atoms with van der Waals surface area (Å²) in [6.07, 6.45) is 0.840. The molecule has 158 valence electrons. The van der Waals surface area contributed by atoms with Crippen LogP contribution in [-0.4, -0.2) is 35.0 Å². The van der Waals surface area contributed by atoms with Gasteiger partial charge < -0.3 is 9.47 Å². The molecular formula is C21H17N3O6S. The summed E-state index contributed by atoms with van der Waals surface area (Å²) in [5.74, 6) is -0.481. The van der Waals surface area contributed by atoms with Gasteiger partial charge in [-0.2, -0.15) is 0 Å². The zero-order chi connectivity index (χ0) is 22.0. The molecule has 1 amide bonds. The van der Waals surface area contributed by atoms with Gasteiger partial charge in [-0.05, 0) is 36.8 Å². The molecule has 0 unspecified atom stereocenters. The molecule has 0 saturated heterocycles. The van der Waals surface area contributed by atoms with Crippen LogP contribution in [0.2, 0.25) is 0 Å². The Bertz CT molecular complexity index is 1190. The van der Waals surface area contributed by atoms with Crippen LogP contribution >= 0.6 is 11.3 Å². The van der Waals surface area contributed by atoms with Crippen LogP contribution in [0.15, 0.2) is 41.8 Å². The maximum Gasteiger partial charge on any atom is 0.338 e. The second kappa shape index (κ2) is 8.52. The lowest BCUT2D eigenvalue weighted by molar-refractivity contribution is -0.384. The van der Waals surface area contributed by atoms with E-state index in [1.54, 1.807) is 6.92 Å². The number of aromatic nitrogens is 1. The molecule has 9 nitrogen and oxygen atoms in total. The highest BCUT2D eigenvalue weighted by molar-refractivity contribution is 7.14. The van der Waals surface area contributed by atoms with Gasteiger partial charge >= 0.3 is 5.97 Å². The average Bonchev–Trinajstić information content (AvgIpc) is 3.42. The van der Waals surface area contributed by atoms with Crippen LogP contribution in [0.25, 0.3) is 11.3 Å². The predicted molar refractivity (Wildman–Crippen MR) is 114 cm³/mol. The number of nitro benzene ring substituents is 1.